The highest BCUT2D eigenvalue weighted by Crippen LogP contribution is 2.26. The average molecular weight is 372 g/mol. The van der Waals surface area contributed by atoms with Crippen LogP contribution in [-0.2, 0) is 9.53 Å². The van der Waals surface area contributed by atoms with Crippen LogP contribution < -0.4 is 5.32 Å². The van der Waals surface area contributed by atoms with E-state index in [0.29, 0.717) is 61.5 Å². The second kappa shape index (κ2) is 7.70. The third-order valence-corrected chi connectivity index (χ3v) is 4.90. The van der Waals surface area contributed by atoms with Crippen LogP contribution in [-0.4, -0.2) is 73.6 Å². The van der Waals surface area contributed by atoms with Crippen LogP contribution in [0.15, 0.2) is 18.2 Å². The van der Waals surface area contributed by atoms with Crippen LogP contribution in [0.2, 0.25) is 10.0 Å². The number of ether oxygens (including phenoxy) is 1. The van der Waals surface area contributed by atoms with Gasteiger partial charge in [0.15, 0.2) is 0 Å². The number of nitrogens with zero attached hydrogens (tertiary/aromatic N) is 2. The Morgan fingerprint density at radius 3 is 2.29 bits per heavy atom. The summed E-state index contributed by atoms with van der Waals surface area (Å²) in [6.07, 6.45) is 0. The van der Waals surface area contributed by atoms with Gasteiger partial charge in [0.1, 0.15) is 6.04 Å². The Kier molecular flexibility index (Phi) is 5.61. The number of piperazine rings is 1. The largest absolute Gasteiger partial charge is 0.378 e. The summed E-state index contributed by atoms with van der Waals surface area (Å²) >= 11 is 12.2. The van der Waals surface area contributed by atoms with Crippen LogP contribution in [0.25, 0.3) is 0 Å². The number of carbonyl (C=O) groups excluding carboxylic acids is 2. The molecule has 2 amide bonds. The van der Waals surface area contributed by atoms with Crippen molar-refractivity contribution in [1.82, 2.24) is 15.1 Å². The fourth-order valence-electron chi connectivity index (χ4n) is 2.93. The number of hydrogen-bond donors (Lipinski definition) is 1. The molecule has 1 atom stereocenters. The minimum Gasteiger partial charge on any atom is -0.378 e. The normalized spacial score (nSPS) is 21.7. The zero-order valence-electron chi connectivity index (χ0n) is 13.1. The Bertz CT molecular complexity index is 607. The first-order chi connectivity index (χ1) is 11.6. The predicted octanol–water partition coefficient (Wildman–Crippen LogP) is 1.27. The molecule has 1 aromatic carbocycles. The maximum Gasteiger partial charge on any atom is 0.257 e. The number of amides is 2. The van der Waals surface area contributed by atoms with E-state index in [1.807, 2.05) is 0 Å². The molecule has 130 valence electrons. The number of benzene rings is 1. The van der Waals surface area contributed by atoms with E-state index in [9.17, 15) is 9.59 Å². The first-order valence-electron chi connectivity index (χ1n) is 7.91. The molecule has 1 aromatic rings. The molecule has 8 heteroatoms. The van der Waals surface area contributed by atoms with Crippen molar-refractivity contribution in [2.24, 2.45) is 0 Å². The molecule has 6 nitrogen and oxygen atoms in total. The SMILES string of the molecule is O=C(c1c(Cl)cccc1Cl)N1CCN(C(=O)C2COCCN2)CC1. The summed E-state index contributed by atoms with van der Waals surface area (Å²) in [4.78, 5) is 28.5. The zero-order chi connectivity index (χ0) is 17.1. The van der Waals surface area contributed by atoms with E-state index < -0.39 is 0 Å². The summed E-state index contributed by atoms with van der Waals surface area (Å²) in [5.74, 6) is -0.172. The Morgan fingerprint density at radius 2 is 1.71 bits per heavy atom. The highest BCUT2D eigenvalue weighted by Gasteiger charge is 2.31. The van der Waals surface area contributed by atoms with Crippen LogP contribution >= 0.6 is 23.2 Å². The van der Waals surface area contributed by atoms with Crippen molar-refractivity contribution in [3.8, 4) is 0 Å². The van der Waals surface area contributed by atoms with Gasteiger partial charge in [-0.05, 0) is 12.1 Å². The van der Waals surface area contributed by atoms with Gasteiger partial charge in [0, 0.05) is 32.7 Å². The van der Waals surface area contributed by atoms with Gasteiger partial charge in [-0.3, -0.25) is 9.59 Å². The van der Waals surface area contributed by atoms with Gasteiger partial charge in [0.2, 0.25) is 5.91 Å². The monoisotopic (exact) mass is 371 g/mol. The van der Waals surface area contributed by atoms with Crippen molar-refractivity contribution >= 4 is 35.0 Å². The van der Waals surface area contributed by atoms with Gasteiger partial charge in [-0.15, -0.1) is 0 Å². The van der Waals surface area contributed by atoms with E-state index in [-0.39, 0.29) is 17.9 Å². The topological polar surface area (TPSA) is 61.9 Å². The standard InChI is InChI=1S/C16H19Cl2N3O3/c17-11-2-1-3-12(18)14(11)16(23)21-7-5-20(6-8-21)15(22)13-10-24-9-4-19-13/h1-3,13,19H,4-10H2. The average Bonchev–Trinajstić information content (AvgIpc) is 2.62. The lowest BCUT2D eigenvalue weighted by Gasteiger charge is -2.37. The van der Waals surface area contributed by atoms with Gasteiger partial charge in [-0.25, -0.2) is 0 Å². The van der Waals surface area contributed by atoms with Crippen molar-refractivity contribution in [3.63, 3.8) is 0 Å². The maximum absolute atomic E-state index is 12.6. The summed E-state index contributed by atoms with van der Waals surface area (Å²) in [6.45, 7) is 3.60. The van der Waals surface area contributed by atoms with Crippen molar-refractivity contribution in [2.75, 3.05) is 45.9 Å². The molecule has 2 fully saturated rings. The van der Waals surface area contributed by atoms with Gasteiger partial charge >= 0.3 is 0 Å². The lowest BCUT2D eigenvalue weighted by Crippen LogP contribution is -2.57. The van der Waals surface area contributed by atoms with Crippen LogP contribution in [0.5, 0.6) is 0 Å². The van der Waals surface area contributed by atoms with Gasteiger partial charge in [-0.1, -0.05) is 29.3 Å². The molecular weight excluding hydrogens is 353 g/mol. The summed E-state index contributed by atoms with van der Waals surface area (Å²) in [6, 6.07) is 4.71. The van der Waals surface area contributed by atoms with Crippen LogP contribution in [0.4, 0.5) is 0 Å². The van der Waals surface area contributed by atoms with Crippen LogP contribution in [0, 0.1) is 0 Å². The van der Waals surface area contributed by atoms with Gasteiger partial charge in [-0.2, -0.15) is 0 Å². The van der Waals surface area contributed by atoms with Gasteiger partial charge in [0.25, 0.3) is 5.91 Å². The highest BCUT2D eigenvalue weighted by atomic mass is 35.5. The molecule has 0 saturated carbocycles. The third-order valence-electron chi connectivity index (χ3n) is 4.27. The highest BCUT2D eigenvalue weighted by molar-refractivity contribution is 6.39. The molecule has 0 aliphatic carbocycles. The first-order valence-corrected chi connectivity index (χ1v) is 8.66. The Hall–Kier alpha value is -1.34. The predicted molar refractivity (Wildman–Crippen MR) is 91.6 cm³/mol. The first kappa shape index (κ1) is 17.5. The Balaban J connectivity index is 1.60. The molecule has 0 bridgehead atoms. The molecule has 2 aliphatic rings. The molecular formula is C16H19Cl2N3O3. The van der Waals surface area contributed by atoms with Crippen molar-refractivity contribution in [3.05, 3.63) is 33.8 Å². The van der Waals surface area contributed by atoms with E-state index in [1.165, 1.54) is 0 Å². The molecule has 0 spiro atoms. The third kappa shape index (κ3) is 3.67. The molecule has 2 saturated heterocycles. The molecule has 24 heavy (non-hydrogen) atoms. The zero-order valence-corrected chi connectivity index (χ0v) is 14.6. The van der Waals surface area contributed by atoms with E-state index in [1.54, 1.807) is 28.0 Å². The summed E-state index contributed by atoms with van der Waals surface area (Å²) in [5.41, 5.74) is 0.322. The van der Waals surface area contributed by atoms with Gasteiger partial charge in [0.05, 0.1) is 28.8 Å². The second-order valence-corrected chi connectivity index (χ2v) is 6.61. The molecule has 2 heterocycles. The molecule has 0 radical (unpaired) electrons. The van der Waals surface area contributed by atoms with Crippen molar-refractivity contribution < 1.29 is 14.3 Å². The Morgan fingerprint density at radius 1 is 1.08 bits per heavy atom. The van der Waals surface area contributed by atoms with Gasteiger partial charge < -0.3 is 19.9 Å². The minimum absolute atomic E-state index is 0.0255. The Labute approximate surface area is 150 Å². The van der Waals surface area contributed by atoms with E-state index >= 15 is 0 Å². The van der Waals surface area contributed by atoms with Crippen LogP contribution in [0.3, 0.4) is 0 Å². The van der Waals surface area contributed by atoms with E-state index in [4.69, 9.17) is 27.9 Å². The lowest BCUT2D eigenvalue weighted by atomic mass is 10.1. The summed E-state index contributed by atoms with van der Waals surface area (Å²) in [7, 11) is 0. The molecule has 0 aromatic heterocycles. The smallest absolute Gasteiger partial charge is 0.257 e. The maximum atomic E-state index is 12.6. The molecule has 1 N–H and O–H groups in total. The molecule has 1 unspecified atom stereocenters. The van der Waals surface area contributed by atoms with E-state index in [0.717, 1.165) is 0 Å². The fraction of sp³-hybridized carbons (Fsp3) is 0.500. The van der Waals surface area contributed by atoms with Crippen LogP contribution in [0.1, 0.15) is 10.4 Å². The number of halogens is 2. The fourth-order valence-corrected chi connectivity index (χ4v) is 3.49. The number of hydrogen-bond acceptors (Lipinski definition) is 4. The molecule has 2 aliphatic heterocycles. The summed E-state index contributed by atoms with van der Waals surface area (Å²) in [5, 5.41) is 3.84. The number of carbonyl (C=O) groups is 2. The number of morpholine rings is 1. The quantitative estimate of drug-likeness (QED) is 0.850. The number of nitrogens with one attached hydrogen (secondary N) is 1. The number of rotatable bonds is 2. The lowest BCUT2D eigenvalue weighted by molar-refractivity contribution is -0.137. The molecule has 3 rings (SSSR count). The second-order valence-electron chi connectivity index (χ2n) is 5.80. The van der Waals surface area contributed by atoms with E-state index in [2.05, 4.69) is 5.32 Å². The van der Waals surface area contributed by atoms with Crippen molar-refractivity contribution in [2.45, 2.75) is 6.04 Å². The summed E-state index contributed by atoms with van der Waals surface area (Å²) < 4.78 is 5.33. The van der Waals surface area contributed by atoms with Crippen molar-refractivity contribution in [1.29, 1.82) is 0 Å². The minimum atomic E-state index is -0.293.